The summed E-state index contributed by atoms with van der Waals surface area (Å²) < 4.78 is 0. The minimum atomic E-state index is 0.130. The van der Waals surface area contributed by atoms with Crippen LogP contribution in [0.15, 0.2) is 23.1 Å². The Balaban J connectivity index is 2.49. The minimum absolute atomic E-state index is 0.130. The number of hydrogen-bond donors (Lipinski definition) is 0. The van der Waals surface area contributed by atoms with Crippen molar-refractivity contribution in [3.63, 3.8) is 0 Å². The molecule has 1 nitrogen and oxygen atoms in total. The highest BCUT2D eigenvalue weighted by Gasteiger charge is 2.21. The van der Waals surface area contributed by atoms with Crippen LogP contribution in [0.4, 0.5) is 0 Å². The van der Waals surface area contributed by atoms with Gasteiger partial charge < -0.3 is 4.79 Å². The zero-order valence-electron chi connectivity index (χ0n) is 6.91. The first-order valence-corrected chi connectivity index (χ1v) is 4.98. The second-order valence-corrected chi connectivity index (χ2v) is 4.16. The second-order valence-electron chi connectivity index (χ2n) is 3.09. The largest absolute Gasteiger partial charge is 0.303 e. The van der Waals surface area contributed by atoms with E-state index in [-0.39, 0.29) is 5.92 Å². The Morgan fingerprint density at radius 1 is 1.58 bits per heavy atom. The highest BCUT2D eigenvalue weighted by atomic mass is 32.2. The van der Waals surface area contributed by atoms with E-state index in [4.69, 9.17) is 0 Å². The molecular formula is C10H10OS. The first kappa shape index (κ1) is 7.87. The number of hydrogen-bond acceptors (Lipinski definition) is 2. The number of carbonyl (C=O) groups is 1. The summed E-state index contributed by atoms with van der Waals surface area (Å²) >= 11 is 1.78. The number of rotatable bonds is 1. The maximum Gasteiger partial charge on any atom is 0.128 e. The van der Waals surface area contributed by atoms with Gasteiger partial charge in [-0.25, -0.2) is 0 Å². The van der Waals surface area contributed by atoms with Crippen molar-refractivity contribution >= 4 is 18.0 Å². The highest BCUT2D eigenvalue weighted by molar-refractivity contribution is 7.99. The van der Waals surface area contributed by atoms with E-state index in [1.54, 1.807) is 11.8 Å². The minimum Gasteiger partial charge on any atom is -0.303 e. The summed E-state index contributed by atoms with van der Waals surface area (Å²) in [5.41, 5.74) is 2.46. The summed E-state index contributed by atoms with van der Waals surface area (Å²) in [7, 11) is 0. The Morgan fingerprint density at radius 2 is 2.42 bits per heavy atom. The van der Waals surface area contributed by atoms with E-state index in [0.717, 1.165) is 12.0 Å². The van der Waals surface area contributed by atoms with Crippen LogP contribution in [0.3, 0.4) is 0 Å². The Morgan fingerprint density at radius 3 is 3.17 bits per heavy atom. The van der Waals surface area contributed by atoms with Gasteiger partial charge in [-0.2, -0.15) is 0 Å². The van der Waals surface area contributed by atoms with Crippen molar-refractivity contribution in [1.29, 1.82) is 0 Å². The fourth-order valence-corrected chi connectivity index (χ4v) is 2.63. The predicted octanol–water partition coefficient (Wildman–Crippen LogP) is 2.38. The van der Waals surface area contributed by atoms with Gasteiger partial charge in [0.2, 0.25) is 0 Å². The predicted molar refractivity (Wildman–Crippen MR) is 50.7 cm³/mol. The van der Waals surface area contributed by atoms with Crippen molar-refractivity contribution in [2.24, 2.45) is 0 Å². The lowest BCUT2D eigenvalue weighted by atomic mass is 10.0. The Labute approximate surface area is 76.2 Å². The monoisotopic (exact) mass is 178 g/mol. The fraction of sp³-hybridized carbons (Fsp3) is 0.300. The molecule has 0 amide bonds. The Kier molecular flexibility index (Phi) is 1.93. The smallest absolute Gasteiger partial charge is 0.128 e. The summed E-state index contributed by atoms with van der Waals surface area (Å²) in [5, 5.41) is 0. The van der Waals surface area contributed by atoms with Crippen LogP contribution in [0.1, 0.15) is 17.0 Å². The van der Waals surface area contributed by atoms with Gasteiger partial charge in [0, 0.05) is 10.6 Å². The molecule has 62 valence electrons. The van der Waals surface area contributed by atoms with Gasteiger partial charge in [0.25, 0.3) is 0 Å². The normalized spacial score (nSPS) is 20.6. The summed E-state index contributed by atoms with van der Waals surface area (Å²) in [4.78, 5) is 11.9. The molecule has 0 bridgehead atoms. The van der Waals surface area contributed by atoms with Crippen molar-refractivity contribution in [2.75, 3.05) is 5.75 Å². The van der Waals surface area contributed by atoms with Crippen molar-refractivity contribution in [3.8, 4) is 0 Å². The highest BCUT2D eigenvalue weighted by Crippen LogP contribution is 2.38. The zero-order chi connectivity index (χ0) is 8.55. The van der Waals surface area contributed by atoms with Crippen LogP contribution in [0.5, 0.6) is 0 Å². The fourth-order valence-electron chi connectivity index (χ4n) is 1.47. The second kappa shape index (κ2) is 2.94. The van der Waals surface area contributed by atoms with Crippen LogP contribution in [0.2, 0.25) is 0 Å². The van der Waals surface area contributed by atoms with Crippen LogP contribution in [0, 0.1) is 6.92 Å². The maximum atomic E-state index is 10.7. The molecule has 1 aliphatic rings. The Hall–Kier alpha value is -0.760. The van der Waals surface area contributed by atoms with E-state index in [0.29, 0.717) is 0 Å². The molecular weight excluding hydrogens is 168 g/mol. The SMILES string of the molecule is Cc1ccc2c(c1)C(C=O)CS2. The van der Waals surface area contributed by atoms with Gasteiger partial charge in [-0.1, -0.05) is 17.7 Å². The standard InChI is InChI=1S/C10H10OS/c1-7-2-3-10-9(4-7)8(5-11)6-12-10/h2-5,8H,6H2,1H3. The lowest BCUT2D eigenvalue weighted by Gasteiger charge is -2.02. The van der Waals surface area contributed by atoms with Gasteiger partial charge in [-0.05, 0) is 18.6 Å². The third-order valence-electron chi connectivity index (χ3n) is 2.15. The molecule has 0 fully saturated rings. The summed E-state index contributed by atoms with van der Waals surface area (Å²) in [6, 6.07) is 6.33. The average Bonchev–Trinajstić information content (AvgIpc) is 2.46. The van der Waals surface area contributed by atoms with Crippen LogP contribution in [0.25, 0.3) is 0 Å². The molecule has 0 saturated heterocycles. The van der Waals surface area contributed by atoms with Gasteiger partial charge in [0.05, 0.1) is 5.92 Å². The van der Waals surface area contributed by atoms with Crippen molar-refractivity contribution < 1.29 is 4.79 Å². The number of aldehydes is 1. The number of fused-ring (bicyclic) bond motifs is 1. The number of benzene rings is 1. The van der Waals surface area contributed by atoms with Crippen LogP contribution < -0.4 is 0 Å². The van der Waals surface area contributed by atoms with E-state index < -0.39 is 0 Å². The molecule has 1 aliphatic heterocycles. The molecule has 0 radical (unpaired) electrons. The average molecular weight is 178 g/mol. The van der Waals surface area contributed by atoms with Gasteiger partial charge in [-0.15, -0.1) is 11.8 Å². The maximum absolute atomic E-state index is 10.7. The van der Waals surface area contributed by atoms with Gasteiger partial charge >= 0.3 is 0 Å². The van der Waals surface area contributed by atoms with Gasteiger partial charge in [-0.3, -0.25) is 0 Å². The van der Waals surface area contributed by atoms with E-state index in [2.05, 4.69) is 25.1 Å². The third kappa shape index (κ3) is 1.16. The van der Waals surface area contributed by atoms with Gasteiger partial charge in [0.15, 0.2) is 0 Å². The third-order valence-corrected chi connectivity index (χ3v) is 3.36. The molecule has 2 rings (SSSR count). The van der Waals surface area contributed by atoms with E-state index >= 15 is 0 Å². The molecule has 0 N–H and O–H groups in total. The topological polar surface area (TPSA) is 17.1 Å². The number of thioether (sulfide) groups is 1. The first-order chi connectivity index (χ1) is 5.81. The van der Waals surface area contributed by atoms with E-state index in [9.17, 15) is 4.79 Å². The molecule has 0 saturated carbocycles. The molecule has 12 heavy (non-hydrogen) atoms. The summed E-state index contributed by atoms with van der Waals surface area (Å²) in [6.45, 7) is 2.06. The lowest BCUT2D eigenvalue weighted by Crippen LogP contribution is -1.97. The molecule has 0 aliphatic carbocycles. The Bertz CT molecular complexity index is 320. The van der Waals surface area contributed by atoms with Crippen molar-refractivity contribution in [2.45, 2.75) is 17.7 Å². The first-order valence-electron chi connectivity index (χ1n) is 4.00. The van der Waals surface area contributed by atoms with E-state index in [1.165, 1.54) is 16.0 Å². The molecule has 1 unspecified atom stereocenters. The molecule has 1 atom stereocenters. The molecule has 1 aromatic rings. The molecule has 1 aromatic carbocycles. The zero-order valence-corrected chi connectivity index (χ0v) is 7.73. The quantitative estimate of drug-likeness (QED) is 0.614. The van der Waals surface area contributed by atoms with Crippen LogP contribution >= 0.6 is 11.8 Å². The van der Waals surface area contributed by atoms with Crippen LogP contribution in [-0.4, -0.2) is 12.0 Å². The van der Waals surface area contributed by atoms with E-state index in [1.807, 2.05) is 0 Å². The summed E-state index contributed by atoms with van der Waals surface area (Å²) in [5.74, 6) is 1.05. The molecule has 2 heteroatoms. The lowest BCUT2D eigenvalue weighted by molar-refractivity contribution is -0.108. The van der Waals surface area contributed by atoms with Gasteiger partial charge in [0.1, 0.15) is 6.29 Å². The van der Waals surface area contributed by atoms with Crippen molar-refractivity contribution in [3.05, 3.63) is 29.3 Å². The molecule has 0 aromatic heterocycles. The molecule has 0 spiro atoms. The number of carbonyl (C=O) groups excluding carboxylic acids is 1. The van der Waals surface area contributed by atoms with Crippen molar-refractivity contribution in [1.82, 2.24) is 0 Å². The number of aryl methyl sites for hydroxylation is 1. The molecule has 1 heterocycles. The van der Waals surface area contributed by atoms with Crippen LogP contribution in [-0.2, 0) is 4.79 Å². The summed E-state index contributed by atoms with van der Waals surface area (Å²) in [6.07, 6.45) is 1.05.